The Kier molecular flexibility index (Phi) is 3.25. The van der Waals surface area contributed by atoms with Gasteiger partial charge in [-0.25, -0.2) is 4.98 Å². The van der Waals surface area contributed by atoms with Crippen LogP contribution in [-0.4, -0.2) is 37.8 Å². The highest BCUT2D eigenvalue weighted by Crippen LogP contribution is 2.29. The third-order valence-electron chi connectivity index (χ3n) is 3.50. The van der Waals surface area contributed by atoms with Gasteiger partial charge in [-0.3, -0.25) is 0 Å². The van der Waals surface area contributed by atoms with Crippen molar-refractivity contribution >= 4 is 5.82 Å². The quantitative estimate of drug-likeness (QED) is 0.836. The lowest BCUT2D eigenvalue weighted by atomic mass is 10.1. The van der Waals surface area contributed by atoms with Crippen LogP contribution in [0.4, 0.5) is 5.82 Å². The standard InChI is InChI=1S/C13H19N3O/c1-2-8-16(7-1)13-11(4-3-5-15-13)12-10-14-6-9-17-12/h3-5,12,14H,1-2,6-10H2. The van der Waals surface area contributed by atoms with Crippen molar-refractivity contribution in [3.05, 3.63) is 23.9 Å². The van der Waals surface area contributed by atoms with Crippen molar-refractivity contribution in [2.75, 3.05) is 37.7 Å². The molecule has 0 aromatic carbocycles. The van der Waals surface area contributed by atoms with E-state index in [4.69, 9.17) is 4.74 Å². The highest BCUT2D eigenvalue weighted by atomic mass is 16.5. The van der Waals surface area contributed by atoms with Crippen molar-refractivity contribution in [2.45, 2.75) is 18.9 Å². The molecule has 17 heavy (non-hydrogen) atoms. The average Bonchev–Trinajstić information content (AvgIpc) is 2.94. The van der Waals surface area contributed by atoms with Gasteiger partial charge in [0.05, 0.1) is 12.7 Å². The van der Waals surface area contributed by atoms with Gasteiger partial charge in [-0.1, -0.05) is 6.07 Å². The lowest BCUT2D eigenvalue weighted by molar-refractivity contribution is 0.0278. The van der Waals surface area contributed by atoms with Crippen molar-refractivity contribution in [1.82, 2.24) is 10.3 Å². The van der Waals surface area contributed by atoms with Gasteiger partial charge in [0.2, 0.25) is 0 Å². The van der Waals surface area contributed by atoms with Crippen LogP contribution in [0.15, 0.2) is 18.3 Å². The zero-order valence-electron chi connectivity index (χ0n) is 10.1. The van der Waals surface area contributed by atoms with Crippen LogP contribution in [0.1, 0.15) is 24.5 Å². The second kappa shape index (κ2) is 5.02. The summed E-state index contributed by atoms with van der Waals surface area (Å²) in [6.07, 6.45) is 4.60. The molecular formula is C13H19N3O. The van der Waals surface area contributed by atoms with E-state index in [0.29, 0.717) is 0 Å². The van der Waals surface area contributed by atoms with Gasteiger partial charge in [0.25, 0.3) is 0 Å². The molecule has 2 fully saturated rings. The van der Waals surface area contributed by atoms with E-state index in [1.807, 2.05) is 12.3 Å². The molecule has 2 aliphatic rings. The molecule has 0 saturated carbocycles. The summed E-state index contributed by atoms with van der Waals surface area (Å²) in [6.45, 7) is 4.90. The highest BCUT2D eigenvalue weighted by Gasteiger charge is 2.23. The summed E-state index contributed by atoms with van der Waals surface area (Å²) in [5, 5.41) is 3.38. The van der Waals surface area contributed by atoms with Gasteiger partial charge >= 0.3 is 0 Å². The Morgan fingerprint density at radius 2 is 2.24 bits per heavy atom. The summed E-state index contributed by atoms with van der Waals surface area (Å²) >= 11 is 0. The summed E-state index contributed by atoms with van der Waals surface area (Å²) in [5.74, 6) is 1.12. The predicted molar refractivity (Wildman–Crippen MR) is 67.2 cm³/mol. The van der Waals surface area contributed by atoms with Gasteiger partial charge in [-0.15, -0.1) is 0 Å². The lowest BCUT2D eigenvalue weighted by Gasteiger charge is -2.28. The molecule has 4 nitrogen and oxygen atoms in total. The number of hydrogen-bond acceptors (Lipinski definition) is 4. The molecule has 1 unspecified atom stereocenters. The molecular weight excluding hydrogens is 214 g/mol. The number of nitrogens with zero attached hydrogens (tertiary/aromatic N) is 2. The van der Waals surface area contributed by atoms with Gasteiger partial charge in [-0.05, 0) is 18.9 Å². The fraction of sp³-hybridized carbons (Fsp3) is 0.615. The van der Waals surface area contributed by atoms with Gasteiger partial charge in [0, 0.05) is 37.9 Å². The first-order valence-corrected chi connectivity index (χ1v) is 6.47. The van der Waals surface area contributed by atoms with Crippen LogP contribution >= 0.6 is 0 Å². The molecule has 1 N–H and O–H groups in total. The number of hydrogen-bond donors (Lipinski definition) is 1. The van der Waals surface area contributed by atoms with Crippen LogP contribution in [0, 0.1) is 0 Å². The van der Waals surface area contributed by atoms with Crippen molar-refractivity contribution in [2.24, 2.45) is 0 Å². The summed E-state index contributed by atoms with van der Waals surface area (Å²) in [7, 11) is 0. The topological polar surface area (TPSA) is 37.4 Å². The first-order valence-electron chi connectivity index (χ1n) is 6.47. The molecule has 2 saturated heterocycles. The molecule has 1 atom stereocenters. The van der Waals surface area contributed by atoms with Crippen molar-refractivity contribution < 1.29 is 4.74 Å². The molecule has 3 rings (SSSR count). The third kappa shape index (κ3) is 2.28. The van der Waals surface area contributed by atoms with E-state index in [9.17, 15) is 0 Å². The van der Waals surface area contributed by atoms with Crippen molar-refractivity contribution in [3.8, 4) is 0 Å². The fourth-order valence-corrected chi connectivity index (χ4v) is 2.62. The van der Waals surface area contributed by atoms with Gasteiger partial charge in [0.15, 0.2) is 0 Å². The number of aromatic nitrogens is 1. The molecule has 0 radical (unpaired) electrons. The lowest BCUT2D eigenvalue weighted by Crippen LogP contribution is -2.34. The van der Waals surface area contributed by atoms with E-state index < -0.39 is 0 Å². The minimum Gasteiger partial charge on any atom is -0.371 e. The summed E-state index contributed by atoms with van der Waals surface area (Å²) in [5.41, 5.74) is 1.24. The first kappa shape index (κ1) is 11.0. The Morgan fingerprint density at radius 3 is 3.00 bits per heavy atom. The van der Waals surface area contributed by atoms with E-state index in [0.717, 1.165) is 38.6 Å². The van der Waals surface area contributed by atoms with Crippen LogP contribution in [0.3, 0.4) is 0 Å². The monoisotopic (exact) mass is 233 g/mol. The van der Waals surface area contributed by atoms with Crippen LogP contribution in [0.5, 0.6) is 0 Å². The van der Waals surface area contributed by atoms with Crippen LogP contribution in [0.25, 0.3) is 0 Å². The molecule has 0 bridgehead atoms. The van der Waals surface area contributed by atoms with Gasteiger partial charge < -0.3 is 15.0 Å². The van der Waals surface area contributed by atoms with Gasteiger partial charge in [-0.2, -0.15) is 0 Å². The number of nitrogens with one attached hydrogen (secondary N) is 1. The molecule has 92 valence electrons. The SMILES string of the molecule is c1cnc(N2CCCC2)c(C2CNCCO2)c1. The average molecular weight is 233 g/mol. The molecule has 4 heteroatoms. The normalized spacial score (nSPS) is 25.2. The summed E-state index contributed by atoms with van der Waals surface area (Å²) < 4.78 is 5.84. The Balaban J connectivity index is 1.86. The first-order chi connectivity index (χ1) is 8.45. The number of ether oxygens (including phenoxy) is 1. The number of rotatable bonds is 2. The fourth-order valence-electron chi connectivity index (χ4n) is 2.62. The number of anilines is 1. The highest BCUT2D eigenvalue weighted by molar-refractivity contribution is 5.48. The summed E-state index contributed by atoms with van der Waals surface area (Å²) in [4.78, 5) is 6.94. The number of morpholine rings is 1. The Labute approximate surface area is 102 Å². The zero-order valence-corrected chi connectivity index (χ0v) is 10.1. The second-order valence-electron chi connectivity index (χ2n) is 4.67. The maximum Gasteiger partial charge on any atom is 0.134 e. The van der Waals surface area contributed by atoms with E-state index in [1.54, 1.807) is 0 Å². The third-order valence-corrected chi connectivity index (χ3v) is 3.50. The van der Waals surface area contributed by atoms with Gasteiger partial charge in [0.1, 0.15) is 5.82 Å². The van der Waals surface area contributed by atoms with E-state index in [1.165, 1.54) is 18.4 Å². The van der Waals surface area contributed by atoms with Crippen molar-refractivity contribution in [1.29, 1.82) is 0 Å². The van der Waals surface area contributed by atoms with Crippen LogP contribution in [0.2, 0.25) is 0 Å². The van der Waals surface area contributed by atoms with E-state index >= 15 is 0 Å². The zero-order chi connectivity index (χ0) is 11.5. The molecule has 2 aliphatic heterocycles. The molecule has 1 aromatic heterocycles. The predicted octanol–water partition coefficient (Wildman–Crippen LogP) is 1.34. The molecule has 1 aromatic rings. The van der Waals surface area contributed by atoms with Crippen molar-refractivity contribution in [3.63, 3.8) is 0 Å². The maximum atomic E-state index is 5.84. The van der Waals surface area contributed by atoms with Crippen LogP contribution in [-0.2, 0) is 4.74 Å². The van der Waals surface area contributed by atoms with Crippen LogP contribution < -0.4 is 10.2 Å². The Hall–Kier alpha value is -1.13. The minimum absolute atomic E-state index is 0.160. The number of pyridine rings is 1. The molecule has 0 spiro atoms. The minimum atomic E-state index is 0.160. The Morgan fingerprint density at radius 1 is 1.35 bits per heavy atom. The Bertz CT molecular complexity index is 371. The largest absolute Gasteiger partial charge is 0.371 e. The maximum absolute atomic E-state index is 5.84. The second-order valence-corrected chi connectivity index (χ2v) is 4.67. The smallest absolute Gasteiger partial charge is 0.134 e. The van der Waals surface area contributed by atoms with E-state index in [2.05, 4.69) is 21.3 Å². The molecule has 0 aliphatic carbocycles. The summed E-state index contributed by atoms with van der Waals surface area (Å²) in [6, 6.07) is 4.16. The molecule has 0 amide bonds. The molecule has 3 heterocycles. The van der Waals surface area contributed by atoms with E-state index in [-0.39, 0.29) is 6.10 Å².